The van der Waals surface area contributed by atoms with Crippen LogP contribution in [0.2, 0.25) is 0 Å². The molecule has 0 saturated heterocycles. The molecule has 0 unspecified atom stereocenters. The predicted molar refractivity (Wildman–Crippen MR) is 54.7 cm³/mol. The van der Waals surface area contributed by atoms with Crippen molar-refractivity contribution in [3.05, 3.63) is 11.9 Å². The van der Waals surface area contributed by atoms with Crippen molar-refractivity contribution in [2.45, 2.75) is 20.8 Å². The van der Waals surface area contributed by atoms with E-state index in [2.05, 4.69) is 9.97 Å². The first-order chi connectivity index (χ1) is 6.13. The van der Waals surface area contributed by atoms with Crippen LogP contribution in [0, 0.1) is 5.41 Å². The van der Waals surface area contributed by atoms with Crippen LogP contribution in [-0.2, 0) is 0 Å². The molecule has 0 radical (unpaired) electrons. The average molecular weight is 181 g/mol. The number of nitrogens with zero attached hydrogens (tertiary/aromatic N) is 2. The minimum atomic E-state index is 0.255. The second-order valence-corrected chi connectivity index (χ2v) is 2.14. The summed E-state index contributed by atoms with van der Waals surface area (Å²) in [5, 5.41) is 7.28. The van der Waals surface area contributed by atoms with E-state index in [1.54, 1.807) is 6.92 Å². The van der Waals surface area contributed by atoms with Gasteiger partial charge in [0.1, 0.15) is 18.0 Å². The van der Waals surface area contributed by atoms with Crippen LogP contribution < -0.4 is 11.5 Å². The van der Waals surface area contributed by atoms with E-state index in [-0.39, 0.29) is 17.3 Å². The quantitative estimate of drug-likeness (QED) is 0.563. The average Bonchev–Trinajstić information content (AvgIpc) is 2.07. The van der Waals surface area contributed by atoms with E-state index < -0.39 is 0 Å². The third-order valence-corrected chi connectivity index (χ3v) is 1.28. The highest BCUT2D eigenvalue weighted by Gasteiger charge is 2.06. The molecule has 13 heavy (non-hydrogen) atoms. The van der Waals surface area contributed by atoms with Gasteiger partial charge in [0, 0.05) is 5.71 Å². The van der Waals surface area contributed by atoms with Crippen LogP contribution in [0.3, 0.4) is 0 Å². The lowest BCUT2D eigenvalue weighted by Gasteiger charge is -2.03. The third-order valence-electron chi connectivity index (χ3n) is 1.28. The maximum atomic E-state index is 7.28. The second-order valence-electron chi connectivity index (χ2n) is 2.14. The fraction of sp³-hybridized carbons (Fsp3) is 0.375. The highest BCUT2D eigenvalue weighted by molar-refractivity contribution is 6.03. The van der Waals surface area contributed by atoms with Gasteiger partial charge in [-0.3, -0.25) is 0 Å². The van der Waals surface area contributed by atoms with Crippen LogP contribution in [0.1, 0.15) is 26.3 Å². The van der Waals surface area contributed by atoms with E-state index in [0.717, 1.165) is 0 Å². The van der Waals surface area contributed by atoms with Gasteiger partial charge in [0.25, 0.3) is 0 Å². The van der Waals surface area contributed by atoms with Crippen molar-refractivity contribution in [1.29, 1.82) is 5.41 Å². The van der Waals surface area contributed by atoms with Crippen LogP contribution in [-0.4, -0.2) is 15.7 Å². The Balaban J connectivity index is 0.000000671. The maximum Gasteiger partial charge on any atom is 0.138 e. The summed E-state index contributed by atoms with van der Waals surface area (Å²) in [7, 11) is 0. The Kier molecular flexibility index (Phi) is 4.43. The second kappa shape index (κ2) is 5.08. The van der Waals surface area contributed by atoms with Gasteiger partial charge in [-0.2, -0.15) is 0 Å². The van der Waals surface area contributed by atoms with Gasteiger partial charge in [-0.25, -0.2) is 9.97 Å². The molecular formula is C8H15N5. The summed E-state index contributed by atoms with van der Waals surface area (Å²) in [5.74, 6) is 0.509. The third kappa shape index (κ3) is 2.70. The molecule has 0 aliphatic carbocycles. The van der Waals surface area contributed by atoms with Crippen LogP contribution in [0.5, 0.6) is 0 Å². The van der Waals surface area contributed by atoms with E-state index in [4.69, 9.17) is 16.9 Å². The van der Waals surface area contributed by atoms with Gasteiger partial charge in [-0.1, -0.05) is 13.8 Å². The number of nitrogen functional groups attached to an aromatic ring is 2. The van der Waals surface area contributed by atoms with Gasteiger partial charge in [-0.15, -0.1) is 0 Å². The summed E-state index contributed by atoms with van der Waals surface area (Å²) in [6, 6.07) is 0. The molecule has 1 aromatic heterocycles. The minimum absolute atomic E-state index is 0.255. The van der Waals surface area contributed by atoms with Gasteiger partial charge in [0.2, 0.25) is 0 Å². The van der Waals surface area contributed by atoms with Crippen molar-refractivity contribution in [3.8, 4) is 0 Å². The number of nitrogens with two attached hydrogens (primary N) is 2. The number of nitrogens with one attached hydrogen (secondary N) is 1. The van der Waals surface area contributed by atoms with Crippen molar-refractivity contribution >= 4 is 17.3 Å². The molecule has 1 heterocycles. The van der Waals surface area contributed by atoms with Gasteiger partial charge in [0.05, 0.1) is 5.56 Å². The molecule has 1 aromatic rings. The van der Waals surface area contributed by atoms with Gasteiger partial charge < -0.3 is 16.9 Å². The fourth-order valence-corrected chi connectivity index (χ4v) is 0.798. The minimum Gasteiger partial charge on any atom is -0.383 e. The molecule has 0 amide bonds. The molecule has 0 fully saturated rings. The van der Waals surface area contributed by atoms with Crippen molar-refractivity contribution in [1.82, 2.24) is 9.97 Å². The van der Waals surface area contributed by atoms with Crippen molar-refractivity contribution in [3.63, 3.8) is 0 Å². The fourth-order valence-electron chi connectivity index (χ4n) is 0.798. The normalized spacial score (nSPS) is 8.54. The van der Waals surface area contributed by atoms with E-state index in [0.29, 0.717) is 5.56 Å². The van der Waals surface area contributed by atoms with Crippen LogP contribution in [0.25, 0.3) is 0 Å². The molecule has 0 aliphatic rings. The number of aromatic nitrogens is 2. The first-order valence-electron chi connectivity index (χ1n) is 4.04. The van der Waals surface area contributed by atoms with E-state index in [1.165, 1.54) is 6.33 Å². The summed E-state index contributed by atoms with van der Waals surface area (Å²) in [6.07, 6.45) is 1.27. The monoisotopic (exact) mass is 181 g/mol. The Morgan fingerprint density at radius 1 is 1.23 bits per heavy atom. The molecule has 0 aliphatic heterocycles. The first-order valence-corrected chi connectivity index (χ1v) is 4.04. The standard InChI is InChI=1S/C6H9N5.C2H6/c1-3(7)4-5(8)10-2-11-6(4)9;1-2/h2,7H,1H3,(H4,8,9,10,11);1-2H3. The molecule has 72 valence electrons. The molecule has 5 nitrogen and oxygen atoms in total. The molecule has 0 aromatic carbocycles. The Morgan fingerprint density at radius 3 is 1.85 bits per heavy atom. The lowest BCUT2D eigenvalue weighted by atomic mass is 10.2. The van der Waals surface area contributed by atoms with Crippen molar-refractivity contribution < 1.29 is 0 Å². The van der Waals surface area contributed by atoms with Crippen molar-refractivity contribution in [2.24, 2.45) is 0 Å². The molecular weight excluding hydrogens is 166 g/mol. The largest absolute Gasteiger partial charge is 0.383 e. The van der Waals surface area contributed by atoms with E-state index in [1.807, 2.05) is 13.8 Å². The molecule has 5 N–H and O–H groups in total. The maximum absolute atomic E-state index is 7.28. The highest BCUT2D eigenvalue weighted by atomic mass is 15.0. The van der Waals surface area contributed by atoms with E-state index in [9.17, 15) is 0 Å². The molecule has 0 bridgehead atoms. The van der Waals surface area contributed by atoms with Gasteiger partial charge in [0.15, 0.2) is 0 Å². The topological polar surface area (TPSA) is 102 Å². The molecule has 1 rings (SSSR count). The lowest BCUT2D eigenvalue weighted by Crippen LogP contribution is -2.08. The number of hydrogen-bond donors (Lipinski definition) is 3. The van der Waals surface area contributed by atoms with E-state index >= 15 is 0 Å². The summed E-state index contributed by atoms with van der Waals surface area (Å²) < 4.78 is 0. The number of rotatable bonds is 1. The summed E-state index contributed by atoms with van der Waals surface area (Å²) >= 11 is 0. The van der Waals surface area contributed by atoms with Crippen LogP contribution >= 0.6 is 0 Å². The first kappa shape index (κ1) is 11.4. The smallest absolute Gasteiger partial charge is 0.138 e. The zero-order valence-electron chi connectivity index (χ0n) is 8.13. The number of anilines is 2. The van der Waals surface area contributed by atoms with Crippen LogP contribution in [0.4, 0.5) is 11.6 Å². The predicted octanol–water partition coefficient (Wildman–Crippen LogP) is 1.05. The Morgan fingerprint density at radius 2 is 1.62 bits per heavy atom. The molecule has 0 atom stereocenters. The molecule has 0 spiro atoms. The lowest BCUT2D eigenvalue weighted by molar-refractivity contribution is 1.17. The van der Waals surface area contributed by atoms with Crippen molar-refractivity contribution in [2.75, 3.05) is 11.5 Å². The zero-order chi connectivity index (χ0) is 10.4. The Labute approximate surface area is 77.7 Å². The summed E-state index contributed by atoms with van der Waals surface area (Å²) in [6.45, 7) is 5.59. The Bertz CT molecular complexity index is 274. The highest BCUT2D eigenvalue weighted by Crippen LogP contribution is 2.13. The summed E-state index contributed by atoms with van der Waals surface area (Å²) in [5.41, 5.74) is 11.6. The summed E-state index contributed by atoms with van der Waals surface area (Å²) in [4.78, 5) is 7.41. The Hall–Kier alpha value is -1.65. The van der Waals surface area contributed by atoms with Gasteiger partial charge in [-0.05, 0) is 6.92 Å². The number of hydrogen-bond acceptors (Lipinski definition) is 5. The molecule has 5 heteroatoms. The zero-order valence-corrected chi connectivity index (χ0v) is 8.13. The SMILES string of the molecule is CC.CC(=N)c1c(N)ncnc1N. The van der Waals surface area contributed by atoms with Crippen LogP contribution in [0.15, 0.2) is 6.33 Å². The van der Waals surface area contributed by atoms with Gasteiger partial charge >= 0.3 is 0 Å². The molecule has 0 saturated carbocycles.